The van der Waals surface area contributed by atoms with E-state index in [1.807, 2.05) is 0 Å². The highest BCUT2D eigenvalue weighted by Crippen LogP contribution is 2.30. The second-order valence-electron chi connectivity index (χ2n) is 4.71. The first-order valence-corrected chi connectivity index (χ1v) is 7.27. The van der Waals surface area contributed by atoms with Crippen molar-refractivity contribution in [3.05, 3.63) is 36.2 Å². The van der Waals surface area contributed by atoms with Gasteiger partial charge in [-0.3, -0.25) is 4.79 Å². The Kier molecular flexibility index (Phi) is 6.32. The number of nitrogens with one attached hydrogen (secondary N) is 2. The third-order valence-corrected chi connectivity index (χ3v) is 3.12. The van der Waals surface area contributed by atoms with Crippen LogP contribution in [-0.4, -0.2) is 50.4 Å². The van der Waals surface area contributed by atoms with Crippen molar-refractivity contribution in [2.45, 2.75) is 0 Å². The number of rotatable bonds is 8. The van der Waals surface area contributed by atoms with E-state index in [0.29, 0.717) is 36.3 Å². The molecule has 0 saturated heterocycles. The van der Waals surface area contributed by atoms with Crippen molar-refractivity contribution in [2.24, 2.45) is 0 Å². The van der Waals surface area contributed by atoms with E-state index in [9.17, 15) is 4.79 Å². The Hall–Kier alpha value is -2.87. The Morgan fingerprint density at radius 2 is 1.92 bits per heavy atom. The molecule has 0 aliphatic rings. The Balaban J connectivity index is 2.10. The molecule has 1 heterocycles. The summed E-state index contributed by atoms with van der Waals surface area (Å²) in [5.74, 6) is 1.22. The van der Waals surface area contributed by atoms with Gasteiger partial charge in [0.05, 0.1) is 20.8 Å². The number of benzene rings is 1. The molecule has 24 heavy (non-hydrogen) atoms. The predicted molar refractivity (Wildman–Crippen MR) is 89.1 cm³/mol. The van der Waals surface area contributed by atoms with Gasteiger partial charge in [0.25, 0.3) is 5.91 Å². The van der Waals surface area contributed by atoms with E-state index in [1.54, 1.807) is 45.6 Å². The third-order valence-electron chi connectivity index (χ3n) is 3.12. The van der Waals surface area contributed by atoms with Gasteiger partial charge >= 0.3 is 0 Å². The summed E-state index contributed by atoms with van der Waals surface area (Å²) in [6.45, 7) is 0.853. The van der Waals surface area contributed by atoms with Gasteiger partial charge in [-0.1, -0.05) is 0 Å². The maximum atomic E-state index is 12.0. The lowest BCUT2D eigenvalue weighted by molar-refractivity contribution is 0.0932. The lowest BCUT2D eigenvalue weighted by Crippen LogP contribution is -2.27. The molecule has 8 heteroatoms. The van der Waals surface area contributed by atoms with Gasteiger partial charge in [0.1, 0.15) is 5.69 Å². The number of aromatic nitrogens is 2. The number of ether oxygens (including phenoxy) is 3. The molecule has 2 aromatic rings. The van der Waals surface area contributed by atoms with Crippen LogP contribution in [0.2, 0.25) is 0 Å². The Morgan fingerprint density at radius 1 is 1.12 bits per heavy atom. The zero-order chi connectivity index (χ0) is 17.4. The van der Waals surface area contributed by atoms with Crippen molar-refractivity contribution >= 4 is 17.5 Å². The normalized spacial score (nSPS) is 10.1. The molecular formula is C16H20N4O4. The average Bonchev–Trinajstić information content (AvgIpc) is 2.62. The molecule has 8 nitrogen and oxygen atoms in total. The minimum atomic E-state index is -0.287. The van der Waals surface area contributed by atoms with Crippen LogP contribution in [0.25, 0.3) is 0 Å². The van der Waals surface area contributed by atoms with Crippen molar-refractivity contribution in [3.8, 4) is 11.5 Å². The molecular weight excluding hydrogens is 312 g/mol. The predicted octanol–water partition coefficient (Wildman–Crippen LogP) is 1.61. The summed E-state index contributed by atoms with van der Waals surface area (Å²) in [4.78, 5) is 20.3. The number of methoxy groups -OCH3 is 3. The molecule has 0 saturated carbocycles. The molecule has 2 rings (SSSR count). The summed E-state index contributed by atoms with van der Waals surface area (Å²) >= 11 is 0. The van der Waals surface area contributed by atoms with E-state index in [-0.39, 0.29) is 11.6 Å². The lowest BCUT2D eigenvalue weighted by Gasteiger charge is -2.11. The first-order valence-electron chi connectivity index (χ1n) is 7.27. The van der Waals surface area contributed by atoms with Gasteiger partial charge in [0.2, 0.25) is 5.95 Å². The molecule has 0 spiro atoms. The summed E-state index contributed by atoms with van der Waals surface area (Å²) in [5, 5.41) is 5.74. The molecule has 0 radical (unpaired) electrons. The highest BCUT2D eigenvalue weighted by molar-refractivity contribution is 5.92. The largest absolute Gasteiger partial charge is 0.493 e. The van der Waals surface area contributed by atoms with Crippen LogP contribution in [-0.2, 0) is 4.74 Å². The Bertz CT molecular complexity index is 694. The van der Waals surface area contributed by atoms with Gasteiger partial charge in [0, 0.05) is 31.6 Å². The molecule has 0 fully saturated rings. The standard InChI is InChI=1S/C16H20N4O4/c1-22-9-8-17-15(21)12-6-7-18-16(20-12)19-11-4-5-13(23-2)14(10-11)24-3/h4-7,10H,8-9H2,1-3H3,(H,17,21)(H,18,19,20). The van der Waals surface area contributed by atoms with Crippen molar-refractivity contribution in [2.75, 3.05) is 39.8 Å². The molecule has 2 N–H and O–H groups in total. The minimum Gasteiger partial charge on any atom is -0.493 e. The topological polar surface area (TPSA) is 94.6 Å². The summed E-state index contributed by atoms with van der Waals surface area (Å²) in [6.07, 6.45) is 1.52. The molecule has 1 amide bonds. The number of amides is 1. The van der Waals surface area contributed by atoms with Crippen LogP contribution in [0, 0.1) is 0 Å². The molecule has 0 atom stereocenters. The van der Waals surface area contributed by atoms with Crippen molar-refractivity contribution < 1.29 is 19.0 Å². The van der Waals surface area contributed by atoms with Crippen molar-refractivity contribution in [1.29, 1.82) is 0 Å². The fourth-order valence-corrected chi connectivity index (χ4v) is 1.95. The summed E-state index contributed by atoms with van der Waals surface area (Å²) in [5.41, 5.74) is 0.980. The molecule has 0 unspecified atom stereocenters. The smallest absolute Gasteiger partial charge is 0.270 e. The van der Waals surface area contributed by atoms with E-state index < -0.39 is 0 Å². The quantitative estimate of drug-likeness (QED) is 0.709. The zero-order valence-corrected chi connectivity index (χ0v) is 13.8. The van der Waals surface area contributed by atoms with Gasteiger partial charge in [-0.25, -0.2) is 9.97 Å². The molecule has 128 valence electrons. The minimum absolute atomic E-state index is 0.268. The van der Waals surface area contributed by atoms with Gasteiger partial charge < -0.3 is 24.8 Å². The van der Waals surface area contributed by atoms with E-state index in [0.717, 1.165) is 0 Å². The molecule has 0 aliphatic carbocycles. The second kappa shape index (κ2) is 8.68. The van der Waals surface area contributed by atoms with Crippen LogP contribution in [0.1, 0.15) is 10.5 Å². The Morgan fingerprint density at radius 3 is 2.62 bits per heavy atom. The number of carbonyl (C=O) groups is 1. The van der Waals surface area contributed by atoms with Crippen molar-refractivity contribution in [3.63, 3.8) is 0 Å². The van der Waals surface area contributed by atoms with Gasteiger partial charge in [-0.15, -0.1) is 0 Å². The van der Waals surface area contributed by atoms with Crippen LogP contribution >= 0.6 is 0 Å². The maximum absolute atomic E-state index is 12.0. The molecule has 0 aliphatic heterocycles. The SMILES string of the molecule is COCCNC(=O)c1ccnc(Nc2ccc(OC)c(OC)c2)n1. The van der Waals surface area contributed by atoms with Crippen molar-refractivity contribution in [1.82, 2.24) is 15.3 Å². The zero-order valence-electron chi connectivity index (χ0n) is 13.8. The highest BCUT2D eigenvalue weighted by Gasteiger charge is 2.09. The number of anilines is 2. The first-order chi connectivity index (χ1) is 11.7. The second-order valence-corrected chi connectivity index (χ2v) is 4.71. The molecule has 0 bridgehead atoms. The maximum Gasteiger partial charge on any atom is 0.270 e. The average molecular weight is 332 g/mol. The number of nitrogens with zero attached hydrogens (tertiary/aromatic N) is 2. The van der Waals surface area contributed by atoms with E-state index in [2.05, 4.69) is 20.6 Å². The number of hydrogen-bond donors (Lipinski definition) is 2. The van der Waals surface area contributed by atoms with Crippen LogP contribution in [0.15, 0.2) is 30.5 Å². The monoisotopic (exact) mass is 332 g/mol. The molecule has 1 aromatic heterocycles. The Labute approximate surface area is 140 Å². The number of carbonyl (C=O) groups excluding carboxylic acids is 1. The van der Waals surface area contributed by atoms with E-state index >= 15 is 0 Å². The fourth-order valence-electron chi connectivity index (χ4n) is 1.95. The summed E-state index contributed by atoms with van der Waals surface area (Å²) < 4.78 is 15.3. The van der Waals surface area contributed by atoms with E-state index in [4.69, 9.17) is 14.2 Å². The highest BCUT2D eigenvalue weighted by atomic mass is 16.5. The van der Waals surface area contributed by atoms with Crippen LogP contribution in [0.5, 0.6) is 11.5 Å². The lowest BCUT2D eigenvalue weighted by atomic mass is 10.3. The van der Waals surface area contributed by atoms with Crippen LogP contribution in [0.4, 0.5) is 11.6 Å². The molecule has 1 aromatic carbocycles. The van der Waals surface area contributed by atoms with Gasteiger partial charge in [-0.2, -0.15) is 0 Å². The van der Waals surface area contributed by atoms with Gasteiger partial charge in [-0.05, 0) is 18.2 Å². The van der Waals surface area contributed by atoms with Crippen LogP contribution in [0.3, 0.4) is 0 Å². The first kappa shape index (κ1) is 17.5. The van der Waals surface area contributed by atoms with Crippen LogP contribution < -0.4 is 20.1 Å². The summed E-state index contributed by atoms with van der Waals surface area (Å²) in [7, 11) is 4.70. The van der Waals surface area contributed by atoms with Gasteiger partial charge in [0.15, 0.2) is 11.5 Å². The number of hydrogen-bond acceptors (Lipinski definition) is 7. The van der Waals surface area contributed by atoms with E-state index in [1.165, 1.54) is 6.20 Å². The summed E-state index contributed by atoms with van der Waals surface area (Å²) in [6, 6.07) is 6.87. The third kappa shape index (κ3) is 4.56. The fraction of sp³-hybridized carbons (Fsp3) is 0.312.